The number of halogens is 1. The molecule has 1 fully saturated rings. The minimum Gasteiger partial charge on any atom is -0.352 e. The van der Waals surface area contributed by atoms with Crippen LogP contribution in [0.2, 0.25) is 0 Å². The highest BCUT2D eigenvalue weighted by Crippen LogP contribution is 2.47. The quantitative estimate of drug-likeness (QED) is 0.816. The molecule has 2 aromatic carbocycles. The van der Waals surface area contributed by atoms with Gasteiger partial charge in [0.1, 0.15) is 0 Å². The zero-order valence-electron chi connectivity index (χ0n) is 11.8. The number of benzene rings is 2. The Labute approximate surface area is 133 Å². The lowest BCUT2D eigenvalue weighted by Crippen LogP contribution is -2.24. The topological polar surface area (TPSA) is 29.1 Å². The second-order valence-electron chi connectivity index (χ2n) is 5.53. The van der Waals surface area contributed by atoms with Gasteiger partial charge in [0.25, 0.3) is 0 Å². The van der Waals surface area contributed by atoms with Crippen molar-refractivity contribution < 1.29 is 4.79 Å². The van der Waals surface area contributed by atoms with Crippen molar-refractivity contribution in [3.63, 3.8) is 0 Å². The Morgan fingerprint density at radius 3 is 2.38 bits per heavy atom. The Morgan fingerprint density at radius 1 is 1.05 bits per heavy atom. The monoisotopic (exact) mass is 343 g/mol. The molecule has 0 bridgehead atoms. The van der Waals surface area contributed by atoms with Crippen LogP contribution in [0.1, 0.15) is 29.0 Å². The molecule has 2 atom stereocenters. The first-order valence-corrected chi connectivity index (χ1v) is 8.36. The number of alkyl halides is 1. The van der Waals surface area contributed by atoms with E-state index in [1.807, 2.05) is 18.2 Å². The van der Waals surface area contributed by atoms with Gasteiger partial charge in [0.2, 0.25) is 5.91 Å². The number of hydrogen-bond acceptors (Lipinski definition) is 1. The van der Waals surface area contributed by atoms with Gasteiger partial charge >= 0.3 is 0 Å². The zero-order valence-corrected chi connectivity index (χ0v) is 13.3. The van der Waals surface area contributed by atoms with Crippen LogP contribution in [0.15, 0.2) is 54.6 Å². The van der Waals surface area contributed by atoms with Crippen LogP contribution in [0.4, 0.5) is 0 Å². The van der Waals surface area contributed by atoms with E-state index < -0.39 is 0 Å². The summed E-state index contributed by atoms with van der Waals surface area (Å²) in [5.74, 6) is 0.726. The summed E-state index contributed by atoms with van der Waals surface area (Å²) in [4.78, 5) is 12.2. The first kappa shape index (κ1) is 14.3. The summed E-state index contributed by atoms with van der Waals surface area (Å²) in [6.07, 6.45) is 0.971. The summed E-state index contributed by atoms with van der Waals surface area (Å²) in [5, 5.41) is 3.91. The predicted octanol–water partition coefficient (Wildman–Crippen LogP) is 4.00. The molecule has 2 nitrogen and oxygen atoms in total. The van der Waals surface area contributed by atoms with Crippen molar-refractivity contribution in [2.75, 3.05) is 0 Å². The molecular formula is C18H18BrNO. The van der Waals surface area contributed by atoms with Crippen molar-refractivity contribution in [3.05, 3.63) is 71.3 Å². The highest BCUT2D eigenvalue weighted by atomic mass is 79.9. The van der Waals surface area contributed by atoms with Crippen LogP contribution in [-0.2, 0) is 16.7 Å². The Bertz CT molecular complexity index is 609. The van der Waals surface area contributed by atoms with Crippen molar-refractivity contribution in [2.45, 2.75) is 24.2 Å². The van der Waals surface area contributed by atoms with Crippen LogP contribution in [0.25, 0.3) is 0 Å². The van der Waals surface area contributed by atoms with Gasteiger partial charge in [-0.2, -0.15) is 0 Å². The smallest absolute Gasteiger partial charge is 0.224 e. The largest absolute Gasteiger partial charge is 0.352 e. The molecular weight excluding hydrogens is 326 g/mol. The molecule has 3 rings (SSSR count). The number of nitrogens with one attached hydrogen (secondary N) is 1. The van der Waals surface area contributed by atoms with Crippen LogP contribution in [0.5, 0.6) is 0 Å². The van der Waals surface area contributed by atoms with Gasteiger partial charge < -0.3 is 5.32 Å². The minimum absolute atomic E-state index is 0.147. The standard InChI is InChI=1S/C18H18BrNO/c19-11-13-6-8-14(9-7-13)12-20-18(21)17-10-16(17)15-4-2-1-3-5-15/h1-9,16-17H,10-12H2,(H,20,21). The first-order chi connectivity index (χ1) is 10.3. The molecule has 1 aliphatic carbocycles. The second kappa shape index (κ2) is 6.44. The van der Waals surface area contributed by atoms with Crippen LogP contribution in [0, 0.1) is 5.92 Å². The molecule has 21 heavy (non-hydrogen) atoms. The molecule has 0 heterocycles. The van der Waals surface area contributed by atoms with Crippen molar-refractivity contribution in [1.82, 2.24) is 5.32 Å². The SMILES string of the molecule is O=C(NCc1ccc(CBr)cc1)C1CC1c1ccccc1. The van der Waals surface area contributed by atoms with E-state index in [9.17, 15) is 4.79 Å². The molecule has 0 aromatic heterocycles. The summed E-state index contributed by atoms with van der Waals surface area (Å²) in [7, 11) is 0. The highest BCUT2D eigenvalue weighted by Gasteiger charge is 2.43. The number of carbonyl (C=O) groups is 1. The number of amides is 1. The molecule has 0 saturated heterocycles. The van der Waals surface area contributed by atoms with Gasteiger partial charge in [0.05, 0.1) is 0 Å². The van der Waals surface area contributed by atoms with Crippen molar-refractivity contribution >= 4 is 21.8 Å². The Hall–Kier alpha value is -1.61. The fourth-order valence-corrected chi connectivity index (χ4v) is 2.99. The fraction of sp³-hybridized carbons (Fsp3) is 0.278. The molecule has 1 aliphatic rings. The van der Waals surface area contributed by atoms with Crippen molar-refractivity contribution in [2.24, 2.45) is 5.92 Å². The molecule has 0 aliphatic heterocycles. The second-order valence-corrected chi connectivity index (χ2v) is 6.09. The van der Waals surface area contributed by atoms with E-state index in [4.69, 9.17) is 0 Å². The van der Waals surface area contributed by atoms with E-state index in [2.05, 4.69) is 57.6 Å². The van der Waals surface area contributed by atoms with Crippen LogP contribution < -0.4 is 5.32 Å². The Kier molecular flexibility index (Phi) is 4.39. The van der Waals surface area contributed by atoms with Gasteiger partial charge in [-0.25, -0.2) is 0 Å². The third kappa shape index (κ3) is 3.53. The molecule has 3 heteroatoms. The summed E-state index contributed by atoms with van der Waals surface area (Å²) in [6.45, 7) is 0.611. The van der Waals surface area contributed by atoms with E-state index in [1.165, 1.54) is 11.1 Å². The van der Waals surface area contributed by atoms with Gasteiger partial charge in [0, 0.05) is 17.8 Å². The summed E-state index contributed by atoms with van der Waals surface area (Å²) >= 11 is 3.43. The number of rotatable bonds is 5. The fourth-order valence-electron chi connectivity index (χ4n) is 2.62. The third-order valence-electron chi connectivity index (χ3n) is 4.00. The average Bonchev–Trinajstić information content (AvgIpc) is 3.35. The summed E-state index contributed by atoms with van der Waals surface area (Å²) < 4.78 is 0. The van der Waals surface area contributed by atoms with Gasteiger partial charge in [-0.3, -0.25) is 4.79 Å². The van der Waals surface area contributed by atoms with E-state index in [0.717, 1.165) is 17.3 Å². The lowest BCUT2D eigenvalue weighted by Gasteiger charge is -2.06. The summed E-state index contributed by atoms with van der Waals surface area (Å²) in [6, 6.07) is 18.6. The van der Waals surface area contributed by atoms with E-state index in [-0.39, 0.29) is 11.8 Å². The lowest BCUT2D eigenvalue weighted by atomic mass is 10.1. The molecule has 1 N–H and O–H groups in total. The highest BCUT2D eigenvalue weighted by molar-refractivity contribution is 9.08. The van der Waals surface area contributed by atoms with Gasteiger partial charge in [-0.05, 0) is 29.0 Å². The number of carbonyl (C=O) groups excluding carboxylic acids is 1. The van der Waals surface area contributed by atoms with E-state index >= 15 is 0 Å². The third-order valence-corrected chi connectivity index (χ3v) is 4.65. The van der Waals surface area contributed by atoms with Gasteiger partial charge in [-0.15, -0.1) is 0 Å². The Morgan fingerprint density at radius 2 is 1.71 bits per heavy atom. The van der Waals surface area contributed by atoms with Gasteiger partial charge in [0.15, 0.2) is 0 Å². The van der Waals surface area contributed by atoms with E-state index in [0.29, 0.717) is 12.5 Å². The molecule has 0 spiro atoms. The Balaban J connectivity index is 1.51. The molecule has 1 amide bonds. The maximum Gasteiger partial charge on any atom is 0.224 e. The first-order valence-electron chi connectivity index (χ1n) is 7.24. The van der Waals surface area contributed by atoms with Crippen LogP contribution in [0.3, 0.4) is 0 Å². The summed E-state index contributed by atoms with van der Waals surface area (Å²) in [5.41, 5.74) is 3.67. The lowest BCUT2D eigenvalue weighted by molar-refractivity contribution is -0.122. The zero-order chi connectivity index (χ0) is 14.7. The molecule has 108 valence electrons. The molecule has 0 radical (unpaired) electrons. The maximum atomic E-state index is 12.2. The molecule has 2 unspecified atom stereocenters. The maximum absolute atomic E-state index is 12.2. The average molecular weight is 344 g/mol. The molecule has 2 aromatic rings. The van der Waals surface area contributed by atoms with Crippen molar-refractivity contribution in [1.29, 1.82) is 0 Å². The van der Waals surface area contributed by atoms with Crippen LogP contribution >= 0.6 is 15.9 Å². The minimum atomic E-state index is 0.147. The van der Waals surface area contributed by atoms with Crippen molar-refractivity contribution in [3.8, 4) is 0 Å². The number of hydrogen-bond donors (Lipinski definition) is 1. The van der Waals surface area contributed by atoms with E-state index in [1.54, 1.807) is 0 Å². The van der Waals surface area contributed by atoms with Crippen LogP contribution in [-0.4, -0.2) is 5.91 Å². The normalized spacial score (nSPS) is 20.0. The van der Waals surface area contributed by atoms with Gasteiger partial charge in [-0.1, -0.05) is 70.5 Å². The predicted molar refractivity (Wildman–Crippen MR) is 88.2 cm³/mol. The molecule has 1 saturated carbocycles.